The molecule has 39 heavy (non-hydrogen) atoms. The van der Waals surface area contributed by atoms with E-state index >= 15 is 0 Å². The number of aromatic nitrogens is 1. The molecular weight excluding hydrogens is 561 g/mol. The third kappa shape index (κ3) is 12.8. The van der Waals surface area contributed by atoms with Gasteiger partial charge in [0.15, 0.2) is 0 Å². The van der Waals surface area contributed by atoms with E-state index in [0.29, 0.717) is 16.0 Å². The molecule has 1 aliphatic heterocycles. The van der Waals surface area contributed by atoms with Gasteiger partial charge in [0.2, 0.25) is 0 Å². The summed E-state index contributed by atoms with van der Waals surface area (Å²) in [4.78, 5) is 15.7. The van der Waals surface area contributed by atoms with Crippen LogP contribution >= 0.6 is 23.5 Å². The largest absolute Gasteiger partial charge is 0.433 e. The van der Waals surface area contributed by atoms with Gasteiger partial charge < -0.3 is 16.2 Å². The first-order valence-corrected chi connectivity index (χ1v) is 13.5. The number of alkyl halides is 5. The summed E-state index contributed by atoms with van der Waals surface area (Å²) in [5.41, 5.74) is 10.9. The van der Waals surface area contributed by atoms with Gasteiger partial charge in [-0.25, -0.2) is 13.8 Å². The normalized spacial score (nSPS) is 13.3. The van der Waals surface area contributed by atoms with E-state index in [9.17, 15) is 26.7 Å². The third-order valence-electron chi connectivity index (χ3n) is 5.18. The number of benzene rings is 2. The minimum atomic E-state index is -4.50. The van der Waals surface area contributed by atoms with Crippen LogP contribution in [0.1, 0.15) is 35.3 Å². The van der Waals surface area contributed by atoms with E-state index in [1.165, 1.54) is 43.6 Å². The molecule has 3 aromatic rings. The summed E-state index contributed by atoms with van der Waals surface area (Å²) in [5, 5.41) is 0.821. The molecule has 0 radical (unpaired) electrons. The minimum absolute atomic E-state index is 0.0137. The maximum absolute atomic E-state index is 12.4. The fourth-order valence-corrected chi connectivity index (χ4v) is 4.03. The number of piperidine rings is 1. The predicted octanol–water partition coefficient (Wildman–Crippen LogP) is 6.99. The summed E-state index contributed by atoms with van der Waals surface area (Å²) in [7, 11) is 1.50. The summed E-state index contributed by atoms with van der Waals surface area (Å²) in [6.45, 7) is 1.70. The van der Waals surface area contributed by atoms with Crippen molar-refractivity contribution in [1.82, 2.24) is 9.88 Å². The topological polar surface area (TPSA) is 97.3 Å². The Kier molecular flexibility index (Phi) is 15.7. The first kappa shape index (κ1) is 34.4. The first-order chi connectivity index (χ1) is 18.5. The molecule has 1 aliphatic rings. The Balaban J connectivity index is 0.000000293. The maximum atomic E-state index is 12.4. The first-order valence-electron chi connectivity index (χ1n) is 11.9. The predicted molar refractivity (Wildman–Crippen MR) is 152 cm³/mol. The van der Waals surface area contributed by atoms with Crippen LogP contribution in [-0.4, -0.2) is 55.5 Å². The Morgan fingerprint density at radius 1 is 1.10 bits per heavy atom. The van der Waals surface area contributed by atoms with Gasteiger partial charge in [0.1, 0.15) is 12.0 Å². The van der Waals surface area contributed by atoms with E-state index in [0.717, 1.165) is 44.0 Å². The molecule has 5 N–H and O–H groups in total. The van der Waals surface area contributed by atoms with Crippen LogP contribution in [0.25, 0.3) is 10.9 Å². The monoisotopic (exact) mass is 593 g/mol. The van der Waals surface area contributed by atoms with Gasteiger partial charge in [-0.15, -0.1) is 0 Å². The number of anilines is 2. The molecule has 1 saturated heterocycles. The number of hydrogen-bond donors (Lipinski definition) is 3. The summed E-state index contributed by atoms with van der Waals surface area (Å²) < 4.78 is 63.9. The Morgan fingerprint density at radius 2 is 1.77 bits per heavy atom. The Hall–Kier alpha value is -2.67. The van der Waals surface area contributed by atoms with Crippen molar-refractivity contribution in [3.63, 3.8) is 0 Å². The highest BCUT2D eigenvalue weighted by Crippen LogP contribution is 2.32. The second-order valence-corrected chi connectivity index (χ2v) is 9.11. The summed E-state index contributed by atoms with van der Waals surface area (Å²) >= 11 is 7.22. The van der Waals surface area contributed by atoms with Gasteiger partial charge in [0, 0.05) is 33.6 Å². The number of carbonyl (C=O) groups is 1. The highest BCUT2D eigenvalue weighted by Gasteiger charge is 2.33. The second-order valence-electron chi connectivity index (χ2n) is 8.06. The number of rotatable bonds is 5. The molecule has 1 aromatic heterocycles. The lowest BCUT2D eigenvalue weighted by atomic mass is 10.1. The van der Waals surface area contributed by atoms with Crippen molar-refractivity contribution in [3.8, 4) is 0 Å². The zero-order valence-corrected chi connectivity index (χ0v) is 23.2. The smallest absolute Gasteiger partial charge is 0.398 e. The molecule has 6 nitrogen and oxygen atoms in total. The molecule has 2 aromatic carbocycles. The molecule has 0 amide bonds. The van der Waals surface area contributed by atoms with E-state index in [2.05, 4.69) is 15.4 Å². The number of pyridine rings is 1. The minimum Gasteiger partial charge on any atom is -0.398 e. The van der Waals surface area contributed by atoms with Crippen molar-refractivity contribution in [2.75, 3.05) is 43.4 Å². The summed E-state index contributed by atoms with van der Waals surface area (Å²) in [5.74, 6) is 0. The third-order valence-corrected chi connectivity index (χ3v) is 5.86. The molecule has 0 unspecified atom stereocenters. The molecule has 4 rings (SSSR count). The van der Waals surface area contributed by atoms with Crippen molar-refractivity contribution in [2.24, 2.45) is 5.73 Å². The van der Waals surface area contributed by atoms with Crippen molar-refractivity contribution in [2.45, 2.75) is 31.9 Å². The lowest BCUT2D eigenvalue weighted by Gasteiger charge is -2.25. The number of halogens is 6. The molecule has 0 atom stereocenters. The molecule has 0 bridgehead atoms. The number of nitrogens with one attached hydrogen (secondary N) is 1. The standard InChI is InChI=1S/C10H6ClF3N2.C8H9NOS.C7H13F2N.CH5N/c11-5-1-2-8-6(3-5)7(15)4-9(16-8)10(12,13)14;1-11-9-8-4-2-3-7(5-8)6-10;8-7(9)6-10-4-2-1-3-5-10;1-2/h1-4H,(H2,15,16);2-6,9H,1H3;7H,1-6H2;2H2,1H3. The molecule has 13 heteroatoms. The Morgan fingerprint density at radius 3 is 2.33 bits per heavy atom. The number of carbonyl (C=O) groups excluding carboxylic acids is 1. The van der Waals surface area contributed by atoms with E-state index in [1.54, 1.807) is 6.07 Å². The van der Waals surface area contributed by atoms with E-state index in [1.807, 2.05) is 29.4 Å². The molecule has 0 aliphatic carbocycles. The molecule has 216 valence electrons. The lowest BCUT2D eigenvalue weighted by Crippen LogP contribution is -2.33. The van der Waals surface area contributed by atoms with Crippen LogP contribution in [0.15, 0.2) is 48.5 Å². The zero-order chi connectivity index (χ0) is 29.4. The summed E-state index contributed by atoms with van der Waals surface area (Å²) in [6, 6.07) is 12.5. The van der Waals surface area contributed by atoms with Crippen LogP contribution in [-0.2, 0) is 6.18 Å². The zero-order valence-electron chi connectivity index (χ0n) is 21.6. The second kappa shape index (κ2) is 17.8. The van der Waals surface area contributed by atoms with E-state index in [4.69, 9.17) is 17.3 Å². The average molecular weight is 594 g/mol. The van der Waals surface area contributed by atoms with Crippen molar-refractivity contribution < 1.29 is 26.7 Å². The highest BCUT2D eigenvalue weighted by molar-refractivity contribution is 7.99. The van der Waals surface area contributed by atoms with Gasteiger partial charge in [-0.1, -0.05) is 42.1 Å². The van der Waals surface area contributed by atoms with Crippen LogP contribution in [0.3, 0.4) is 0 Å². The number of hydrogen-bond acceptors (Lipinski definition) is 7. The van der Waals surface area contributed by atoms with Gasteiger partial charge >= 0.3 is 6.18 Å². The van der Waals surface area contributed by atoms with Gasteiger partial charge in [0.25, 0.3) is 6.43 Å². The average Bonchev–Trinajstić information content (AvgIpc) is 2.91. The van der Waals surface area contributed by atoms with Crippen LogP contribution in [0.4, 0.5) is 33.3 Å². The van der Waals surface area contributed by atoms with Crippen molar-refractivity contribution in [1.29, 1.82) is 0 Å². The number of fused-ring (bicyclic) bond motifs is 1. The molecule has 0 saturated carbocycles. The van der Waals surface area contributed by atoms with E-state index < -0.39 is 18.3 Å². The van der Waals surface area contributed by atoms with Gasteiger partial charge in [-0.05, 0) is 69.4 Å². The van der Waals surface area contributed by atoms with Crippen LogP contribution in [0, 0.1) is 0 Å². The fraction of sp³-hybridized carbons (Fsp3) is 0.385. The highest BCUT2D eigenvalue weighted by atomic mass is 35.5. The maximum Gasteiger partial charge on any atom is 0.433 e. The Bertz CT molecular complexity index is 1150. The lowest BCUT2D eigenvalue weighted by molar-refractivity contribution is -0.140. The van der Waals surface area contributed by atoms with Crippen LogP contribution < -0.4 is 16.2 Å². The van der Waals surface area contributed by atoms with Gasteiger partial charge in [-0.3, -0.25) is 9.69 Å². The number of nitrogens with zero attached hydrogens (tertiary/aromatic N) is 2. The number of aldehydes is 1. The van der Waals surface area contributed by atoms with Crippen molar-refractivity contribution >= 4 is 52.1 Å². The molecular formula is C26H33ClF5N5OS. The Labute approximate surface area is 234 Å². The van der Waals surface area contributed by atoms with E-state index in [-0.39, 0.29) is 17.7 Å². The van der Waals surface area contributed by atoms with Gasteiger partial charge in [-0.2, -0.15) is 13.2 Å². The molecule has 0 spiro atoms. The van der Waals surface area contributed by atoms with Crippen LogP contribution in [0.2, 0.25) is 5.02 Å². The van der Waals surface area contributed by atoms with Crippen molar-refractivity contribution in [3.05, 3.63) is 64.8 Å². The number of nitrogens with two attached hydrogens (primary N) is 2. The molecule has 1 fully saturated rings. The SMILES string of the molecule is CN.CSNc1cccc(C=O)c1.FC(F)CN1CCCCC1.Nc1cc(C(F)(F)F)nc2ccc(Cl)cc12. The summed E-state index contributed by atoms with van der Waals surface area (Å²) in [6.07, 6.45) is -0.488. The molecule has 2 heterocycles. The van der Waals surface area contributed by atoms with Gasteiger partial charge in [0.05, 0.1) is 12.1 Å². The quantitative estimate of drug-likeness (QED) is 0.167. The number of likely N-dealkylation sites (tertiary alicyclic amines) is 1. The van der Waals surface area contributed by atoms with Crippen LogP contribution in [0.5, 0.6) is 0 Å². The number of nitrogen functional groups attached to an aromatic ring is 1. The fourth-order valence-electron chi connectivity index (χ4n) is 3.50.